The van der Waals surface area contributed by atoms with Crippen LogP contribution in [0.4, 0.5) is 0 Å². The zero-order valence-corrected chi connectivity index (χ0v) is 11.3. The predicted molar refractivity (Wildman–Crippen MR) is 68.4 cm³/mol. The molecule has 0 radical (unpaired) electrons. The Hall–Kier alpha value is -0.520. The fourth-order valence-electron chi connectivity index (χ4n) is 2.95. The molecule has 1 heterocycles. The maximum absolute atomic E-state index is 5.80. The molecule has 0 unspecified atom stereocenters. The maximum Gasteiger partial charge on any atom is 0.230 e. The van der Waals surface area contributed by atoms with Gasteiger partial charge in [0.15, 0.2) is 0 Å². The monoisotopic (exact) mass is 236 g/mol. The summed E-state index contributed by atoms with van der Waals surface area (Å²) in [5.74, 6) is 7.50. The second kappa shape index (κ2) is 5.42. The highest BCUT2D eigenvalue weighted by Gasteiger charge is 2.35. The van der Waals surface area contributed by atoms with Crippen LogP contribution in [-0.2, 0) is 9.47 Å². The molecule has 0 amide bonds. The van der Waals surface area contributed by atoms with Gasteiger partial charge in [-0.25, -0.2) is 0 Å². The summed E-state index contributed by atoms with van der Waals surface area (Å²) in [7, 11) is 0. The van der Waals surface area contributed by atoms with Gasteiger partial charge in [0.1, 0.15) is 0 Å². The van der Waals surface area contributed by atoms with Crippen molar-refractivity contribution in [2.45, 2.75) is 52.2 Å². The molecule has 2 rings (SSSR count). The Kier molecular flexibility index (Phi) is 4.12. The van der Waals surface area contributed by atoms with Crippen LogP contribution in [0.1, 0.15) is 46.5 Å². The molecule has 0 N–H and O–H groups in total. The average Bonchev–Trinajstić information content (AvgIpc) is 2.31. The summed E-state index contributed by atoms with van der Waals surface area (Å²) in [6.07, 6.45) is 5.42. The molecule has 0 aromatic rings. The van der Waals surface area contributed by atoms with Gasteiger partial charge >= 0.3 is 0 Å². The first-order valence-corrected chi connectivity index (χ1v) is 6.85. The zero-order valence-electron chi connectivity index (χ0n) is 11.3. The molecule has 2 fully saturated rings. The van der Waals surface area contributed by atoms with Gasteiger partial charge in [0.2, 0.25) is 5.79 Å². The van der Waals surface area contributed by atoms with Crippen LogP contribution in [0.2, 0.25) is 0 Å². The summed E-state index contributed by atoms with van der Waals surface area (Å²) >= 11 is 0. The molecule has 1 aliphatic heterocycles. The highest BCUT2D eigenvalue weighted by molar-refractivity contribution is 5.07. The van der Waals surface area contributed by atoms with Crippen molar-refractivity contribution in [3.63, 3.8) is 0 Å². The quantitative estimate of drug-likeness (QED) is 0.651. The molecule has 0 bridgehead atoms. The molecule has 2 nitrogen and oxygen atoms in total. The number of ether oxygens (including phenoxy) is 2. The van der Waals surface area contributed by atoms with E-state index in [4.69, 9.17) is 9.47 Å². The predicted octanol–water partition coefficient (Wildman–Crippen LogP) is 3.22. The summed E-state index contributed by atoms with van der Waals surface area (Å²) in [5.41, 5.74) is 0. The average molecular weight is 236 g/mol. The zero-order chi connectivity index (χ0) is 12.3. The number of hydrogen-bond acceptors (Lipinski definition) is 2. The van der Waals surface area contributed by atoms with Gasteiger partial charge in [0, 0.05) is 12.8 Å². The summed E-state index contributed by atoms with van der Waals surface area (Å²) in [4.78, 5) is 0. The largest absolute Gasteiger partial charge is 0.339 e. The maximum atomic E-state index is 5.80. The van der Waals surface area contributed by atoms with E-state index in [1.807, 2.05) is 13.8 Å². The Bertz CT molecular complexity index is 297. The minimum absolute atomic E-state index is 0.578. The van der Waals surface area contributed by atoms with E-state index in [2.05, 4.69) is 18.8 Å². The van der Waals surface area contributed by atoms with E-state index in [0.29, 0.717) is 5.92 Å². The van der Waals surface area contributed by atoms with Crippen LogP contribution in [0.15, 0.2) is 0 Å². The van der Waals surface area contributed by atoms with Crippen LogP contribution >= 0.6 is 0 Å². The van der Waals surface area contributed by atoms with E-state index in [9.17, 15) is 0 Å². The van der Waals surface area contributed by atoms with E-state index in [0.717, 1.165) is 25.0 Å². The SMILES string of the molecule is CC#CC1(C)OCC(C2CCC(C)CC2)CO1. The molecule has 2 aliphatic rings. The third kappa shape index (κ3) is 3.24. The molecular formula is C15H24O2. The Morgan fingerprint density at radius 2 is 1.59 bits per heavy atom. The van der Waals surface area contributed by atoms with Gasteiger partial charge in [-0.3, -0.25) is 0 Å². The Labute approximate surface area is 105 Å². The van der Waals surface area contributed by atoms with Crippen LogP contribution in [0.25, 0.3) is 0 Å². The van der Waals surface area contributed by atoms with Crippen molar-refractivity contribution in [2.75, 3.05) is 13.2 Å². The second-order valence-corrected chi connectivity index (χ2v) is 5.72. The van der Waals surface area contributed by atoms with Gasteiger partial charge in [-0.2, -0.15) is 0 Å². The first-order chi connectivity index (χ1) is 8.13. The van der Waals surface area contributed by atoms with Crippen molar-refractivity contribution in [1.29, 1.82) is 0 Å². The molecule has 2 heteroatoms. The van der Waals surface area contributed by atoms with Crippen LogP contribution in [0, 0.1) is 29.6 Å². The number of rotatable bonds is 1. The lowest BCUT2D eigenvalue weighted by Crippen LogP contribution is -2.43. The standard InChI is InChI=1S/C15H24O2/c1-4-9-15(3)16-10-14(11-17-15)13-7-5-12(2)6-8-13/h12-14H,5-8,10-11H2,1-3H3. The van der Waals surface area contributed by atoms with Crippen LogP contribution in [-0.4, -0.2) is 19.0 Å². The van der Waals surface area contributed by atoms with Crippen LogP contribution in [0.3, 0.4) is 0 Å². The van der Waals surface area contributed by atoms with Crippen molar-refractivity contribution >= 4 is 0 Å². The lowest BCUT2D eigenvalue weighted by molar-refractivity contribution is -0.245. The lowest BCUT2D eigenvalue weighted by atomic mass is 9.76. The third-order valence-electron chi connectivity index (χ3n) is 4.22. The highest BCUT2D eigenvalue weighted by Crippen LogP contribution is 2.36. The van der Waals surface area contributed by atoms with E-state index < -0.39 is 5.79 Å². The Balaban J connectivity index is 1.84. The van der Waals surface area contributed by atoms with Crippen molar-refractivity contribution in [3.05, 3.63) is 0 Å². The van der Waals surface area contributed by atoms with Gasteiger partial charge in [0.25, 0.3) is 0 Å². The molecule has 96 valence electrons. The van der Waals surface area contributed by atoms with Gasteiger partial charge in [-0.15, -0.1) is 5.92 Å². The normalized spacial score (nSPS) is 42.6. The molecule has 1 saturated heterocycles. The third-order valence-corrected chi connectivity index (χ3v) is 4.22. The number of hydrogen-bond donors (Lipinski definition) is 0. The van der Waals surface area contributed by atoms with Crippen molar-refractivity contribution in [2.24, 2.45) is 17.8 Å². The molecular weight excluding hydrogens is 212 g/mol. The van der Waals surface area contributed by atoms with Crippen molar-refractivity contribution in [3.8, 4) is 11.8 Å². The first kappa shape index (κ1) is 12.9. The lowest BCUT2D eigenvalue weighted by Gasteiger charge is -2.39. The summed E-state index contributed by atoms with van der Waals surface area (Å²) in [5, 5.41) is 0. The topological polar surface area (TPSA) is 18.5 Å². The van der Waals surface area contributed by atoms with Crippen LogP contribution < -0.4 is 0 Å². The molecule has 1 aliphatic carbocycles. The van der Waals surface area contributed by atoms with E-state index in [1.54, 1.807) is 0 Å². The Morgan fingerprint density at radius 1 is 1.00 bits per heavy atom. The minimum atomic E-state index is -0.660. The van der Waals surface area contributed by atoms with Gasteiger partial charge in [-0.05, 0) is 37.5 Å². The second-order valence-electron chi connectivity index (χ2n) is 5.72. The fourth-order valence-corrected chi connectivity index (χ4v) is 2.95. The molecule has 0 aromatic heterocycles. The molecule has 0 aromatic carbocycles. The van der Waals surface area contributed by atoms with E-state index >= 15 is 0 Å². The van der Waals surface area contributed by atoms with E-state index in [1.165, 1.54) is 25.7 Å². The molecule has 0 spiro atoms. The molecule has 0 atom stereocenters. The van der Waals surface area contributed by atoms with Gasteiger partial charge < -0.3 is 9.47 Å². The molecule has 17 heavy (non-hydrogen) atoms. The highest BCUT2D eigenvalue weighted by atomic mass is 16.7. The first-order valence-electron chi connectivity index (χ1n) is 6.85. The van der Waals surface area contributed by atoms with Gasteiger partial charge in [0.05, 0.1) is 13.2 Å². The summed E-state index contributed by atoms with van der Waals surface area (Å²) < 4.78 is 11.6. The minimum Gasteiger partial charge on any atom is -0.339 e. The molecule has 1 saturated carbocycles. The van der Waals surface area contributed by atoms with Crippen molar-refractivity contribution in [1.82, 2.24) is 0 Å². The van der Waals surface area contributed by atoms with Crippen molar-refractivity contribution < 1.29 is 9.47 Å². The Morgan fingerprint density at radius 3 is 2.12 bits per heavy atom. The van der Waals surface area contributed by atoms with Gasteiger partial charge in [-0.1, -0.05) is 19.8 Å². The smallest absolute Gasteiger partial charge is 0.230 e. The van der Waals surface area contributed by atoms with Crippen LogP contribution in [0.5, 0.6) is 0 Å². The fraction of sp³-hybridized carbons (Fsp3) is 0.867. The summed E-state index contributed by atoms with van der Waals surface area (Å²) in [6, 6.07) is 0. The summed E-state index contributed by atoms with van der Waals surface area (Å²) in [6.45, 7) is 7.72. The van der Waals surface area contributed by atoms with E-state index in [-0.39, 0.29) is 0 Å².